The molecule has 0 radical (unpaired) electrons. The third kappa shape index (κ3) is 2.07. The van der Waals surface area contributed by atoms with E-state index in [2.05, 4.69) is 20.8 Å². The third-order valence-corrected chi connectivity index (χ3v) is 1.83. The van der Waals surface area contributed by atoms with Gasteiger partial charge in [0.05, 0.1) is 0 Å². The topological polar surface area (TPSA) is 26.3 Å². The Morgan fingerprint density at radius 3 is 2.55 bits per heavy atom. The zero-order chi connectivity index (χ0) is 8.48. The Labute approximate surface area is 67.2 Å². The lowest BCUT2D eigenvalue weighted by atomic mass is 9.86. The average molecular weight is 154 g/mol. The van der Waals surface area contributed by atoms with E-state index in [1.165, 1.54) is 6.08 Å². The van der Waals surface area contributed by atoms with Gasteiger partial charge in [0.1, 0.15) is 6.10 Å². The van der Waals surface area contributed by atoms with Crippen LogP contribution in [0.4, 0.5) is 0 Å². The summed E-state index contributed by atoms with van der Waals surface area (Å²) >= 11 is 0. The summed E-state index contributed by atoms with van der Waals surface area (Å²) in [4.78, 5) is 10.8. The molecule has 0 aromatic rings. The smallest absolute Gasteiger partial charge is 0.330 e. The lowest BCUT2D eigenvalue weighted by Gasteiger charge is -2.30. The highest BCUT2D eigenvalue weighted by molar-refractivity contribution is 5.82. The molecule has 0 amide bonds. The van der Waals surface area contributed by atoms with E-state index in [1.807, 2.05) is 6.08 Å². The maximum absolute atomic E-state index is 10.8. The van der Waals surface area contributed by atoms with Crippen molar-refractivity contribution in [2.24, 2.45) is 5.41 Å². The van der Waals surface area contributed by atoms with E-state index in [9.17, 15) is 4.79 Å². The minimum Gasteiger partial charge on any atom is -0.458 e. The molecule has 2 nitrogen and oxygen atoms in total. The standard InChI is InChI=1S/C9H14O2/c1-9(2,3)7-5-4-6-8(10)11-7/h4,6-7H,5H2,1-3H3/t7-/m0/s1. The van der Waals surface area contributed by atoms with Crippen LogP contribution in [-0.2, 0) is 9.53 Å². The summed E-state index contributed by atoms with van der Waals surface area (Å²) in [6, 6.07) is 0. The Bertz CT molecular complexity index is 186. The molecule has 11 heavy (non-hydrogen) atoms. The van der Waals surface area contributed by atoms with Crippen molar-refractivity contribution >= 4 is 5.97 Å². The molecule has 0 spiro atoms. The Morgan fingerprint density at radius 2 is 2.18 bits per heavy atom. The molecule has 0 aliphatic carbocycles. The van der Waals surface area contributed by atoms with Gasteiger partial charge in [0, 0.05) is 12.5 Å². The van der Waals surface area contributed by atoms with Gasteiger partial charge in [0.25, 0.3) is 0 Å². The molecule has 0 aromatic carbocycles. The second-order valence-corrected chi connectivity index (χ2v) is 3.93. The molecule has 0 fully saturated rings. The predicted octanol–water partition coefficient (Wildman–Crippen LogP) is 1.90. The zero-order valence-electron chi connectivity index (χ0n) is 7.26. The van der Waals surface area contributed by atoms with Crippen LogP contribution in [0.15, 0.2) is 12.2 Å². The van der Waals surface area contributed by atoms with Gasteiger partial charge in [-0.3, -0.25) is 0 Å². The summed E-state index contributed by atoms with van der Waals surface area (Å²) < 4.78 is 5.12. The molecule has 1 aliphatic heterocycles. The fourth-order valence-corrected chi connectivity index (χ4v) is 1.05. The van der Waals surface area contributed by atoms with E-state index in [4.69, 9.17) is 4.74 Å². The van der Waals surface area contributed by atoms with Crippen molar-refractivity contribution in [2.75, 3.05) is 0 Å². The van der Waals surface area contributed by atoms with E-state index in [0.717, 1.165) is 6.42 Å². The SMILES string of the molecule is CC(C)(C)[C@@H]1CC=CC(=O)O1. The van der Waals surface area contributed by atoms with Gasteiger partial charge < -0.3 is 4.74 Å². The Balaban J connectivity index is 2.64. The largest absolute Gasteiger partial charge is 0.458 e. The normalized spacial score (nSPS) is 25.0. The Morgan fingerprint density at radius 1 is 1.55 bits per heavy atom. The van der Waals surface area contributed by atoms with E-state index in [0.29, 0.717) is 0 Å². The summed E-state index contributed by atoms with van der Waals surface area (Å²) in [5, 5.41) is 0. The molecule has 0 bridgehead atoms. The summed E-state index contributed by atoms with van der Waals surface area (Å²) in [7, 11) is 0. The second-order valence-electron chi connectivity index (χ2n) is 3.93. The minimum absolute atomic E-state index is 0.0417. The Hall–Kier alpha value is -0.790. The van der Waals surface area contributed by atoms with Crippen molar-refractivity contribution in [3.05, 3.63) is 12.2 Å². The lowest BCUT2D eigenvalue weighted by molar-refractivity contribution is -0.149. The van der Waals surface area contributed by atoms with E-state index >= 15 is 0 Å². The average Bonchev–Trinajstić information content (AvgIpc) is 1.86. The number of hydrogen-bond donors (Lipinski definition) is 0. The van der Waals surface area contributed by atoms with Crippen molar-refractivity contribution in [3.63, 3.8) is 0 Å². The number of rotatable bonds is 0. The van der Waals surface area contributed by atoms with Crippen LogP contribution in [0.1, 0.15) is 27.2 Å². The summed E-state index contributed by atoms with van der Waals surface area (Å²) in [5.41, 5.74) is 0.0560. The highest BCUT2D eigenvalue weighted by Crippen LogP contribution is 2.27. The molecule has 0 saturated heterocycles. The Kier molecular flexibility index (Phi) is 2.03. The van der Waals surface area contributed by atoms with Crippen LogP contribution in [-0.4, -0.2) is 12.1 Å². The van der Waals surface area contributed by atoms with Crippen LogP contribution in [0.5, 0.6) is 0 Å². The molecule has 2 heteroatoms. The van der Waals surface area contributed by atoms with Gasteiger partial charge in [-0.1, -0.05) is 26.8 Å². The van der Waals surface area contributed by atoms with Gasteiger partial charge in [-0.05, 0) is 5.41 Å². The predicted molar refractivity (Wildman–Crippen MR) is 43.1 cm³/mol. The van der Waals surface area contributed by atoms with Crippen LogP contribution in [0.25, 0.3) is 0 Å². The highest BCUT2D eigenvalue weighted by Gasteiger charge is 2.28. The van der Waals surface area contributed by atoms with Crippen molar-refractivity contribution < 1.29 is 9.53 Å². The minimum atomic E-state index is -0.212. The fraction of sp³-hybridized carbons (Fsp3) is 0.667. The van der Waals surface area contributed by atoms with Crippen LogP contribution in [0, 0.1) is 5.41 Å². The van der Waals surface area contributed by atoms with Crippen molar-refractivity contribution in [1.82, 2.24) is 0 Å². The number of cyclic esters (lactones) is 1. The first kappa shape index (κ1) is 8.31. The van der Waals surface area contributed by atoms with Crippen LogP contribution in [0.3, 0.4) is 0 Å². The van der Waals surface area contributed by atoms with Crippen molar-refractivity contribution in [2.45, 2.75) is 33.3 Å². The van der Waals surface area contributed by atoms with E-state index in [1.54, 1.807) is 0 Å². The molecule has 1 aliphatic rings. The summed E-state index contributed by atoms with van der Waals surface area (Å²) in [5.74, 6) is -0.212. The molecular formula is C9H14O2. The lowest BCUT2D eigenvalue weighted by Crippen LogP contribution is -2.32. The van der Waals surface area contributed by atoms with Gasteiger partial charge >= 0.3 is 5.97 Å². The van der Waals surface area contributed by atoms with Gasteiger partial charge in [0.2, 0.25) is 0 Å². The van der Waals surface area contributed by atoms with Crippen LogP contribution >= 0.6 is 0 Å². The molecule has 62 valence electrons. The number of esters is 1. The second kappa shape index (κ2) is 2.68. The maximum Gasteiger partial charge on any atom is 0.330 e. The van der Waals surface area contributed by atoms with Crippen molar-refractivity contribution in [3.8, 4) is 0 Å². The number of carbonyl (C=O) groups is 1. The van der Waals surface area contributed by atoms with E-state index < -0.39 is 0 Å². The molecular weight excluding hydrogens is 140 g/mol. The van der Waals surface area contributed by atoms with Crippen molar-refractivity contribution in [1.29, 1.82) is 0 Å². The maximum atomic E-state index is 10.8. The quantitative estimate of drug-likeness (QED) is 0.498. The molecule has 0 aromatic heterocycles. The number of carbonyl (C=O) groups excluding carboxylic acids is 1. The third-order valence-electron chi connectivity index (χ3n) is 1.83. The summed E-state index contributed by atoms with van der Waals surface area (Å²) in [6.45, 7) is 6.22. The van der Waals surface area contributed by atoms with Gasteiger partial charge in [0.15, 0.2) is 0 Å². The molecule has 0 N–H and O–H groups in total. The zero-order valence-corrected chi connectivity index (χ0v) is 7.26. The van der Waals surface area contributed by atoms with E-state index in [-0.39, 0.29) is 17.5 Å². The molecule has 1 rings (SSSR count). The van der Waals surface area contributed by atoms with Gasteiger partial charge in [-0.2, -0.15) is 0 Å². The number of ether oxygens (including phenoxy) is 1. The van der Waals surface area contributed by atoms with Crippen LogP contribution < -0.4 is 0 Å². The molecule has 0 saturated carbocycles. The van der Waals surface area contributed by atoms with Crippen LogP contribution in [0.2, 0.25) is 0 Å². The molecule has 1 atom stereocenters. The fourth-order valence-electron chi connectivity index (χ4n) is 1.05. The summed E-state index contributed by atoms with van der Waals surface area (Å²) in [6.07, 6.45) is 4.25. The monoisotopic (exact) mass is 154 g/mol. The first-order valence-electron chi connectivity index (χ1n) is 3.87. The van der Waals surface area contributed by atoms with Gasteiger partial charge in [-0.25, -0.2) is 4.79 Å². The molecule has 1 heterocycles. The van der Waals surface area contributed by atoms with Gasteiger partial charge in [-0.15, -0.1) is 0 Å². The first-order chi connectivity index (χ1) is 5.00. The number of hydrogen-bond acceptors (Lipinski definition) is 2. The highest BCUT2D eigenvalue weighted by atomic mass is 16.5. The first-order valence-corrected chi connectivity index (χ1v) is 3.87. The molecule has 0 unspecified atom stereocenters.